The van der Waals surface area contributed by atoms with E-state index in [9.17, 15) is 14.4 Å². The van der Waals surface area contributed by atoms with E-state index >= 15 is 0 Å². The Morgan fingerprint density at radius 1 is 1.21 bits per heavy atom. The Hall–Kier alpha value is -2.46. The number of carbonyl (C=O) groups is 3. The minimum Gasteiger partial charge on any atom is -0.349 e. The van der Waals surface area contributed by atoms with Crippen molar-refractivity contribution in [3.05, 3.63) is 29.8 Å². The lowest BCUT2D eigenvalue weighted by Crippen LogP contribution is -2.30. The van der Waals surface area contributed by atoms with Gasteiger partial charge in [0.05, 0.1) is 5.75 Å². The normalized spacial score (nSPS) is 15.6. The number of amides is 3. The highest BCUT2D eigenvalue weighted by atomic mass is 32.2. The number of hydrogen-bond acceptors (Lipinski definition) is 7. The van der Waals surface area contributed by atoms with Gasteiger partial charge in [-0.25, -0.2) is 0 Å². The van der Waals surface area contributed by atoms with Crippen LogP contribution in [0.2, 0.25) is 0 Å². The molecule has 0 unspecified atom stereocenters. The van der Waals surface area contributed by atoms with Crippen LogP contribution in [0, 0.1) is 0 Å². The average molecular weight is 432 g/mol. The molecule has 0 bridgehead atoms. The van der Waals surface area contributed by atoms with E-state index in [4.69, 9.17) is 0 Å². The molecule has 0 saturated heterocycles. The van der Waals surface area contributed by atoms with Crippen molar-refractivity contribution in [3.8, 4) is 0 Å². The first-order valence-corrected chi connectivity index (χ1v) is 11.3. The van der Waals surface area contributed by atoms with Crippen molar-refractivity contribution in [3.63, 3.8) is 0 Å². The van der Waals surface area contributed by atoms with Crippen LogP contribution in [-0.2, 0) is 9.59 Å². The number of nitrogens with zero attached hydrogens (tertiary/aromatic N) is 3. The molecule has 2 fully saturated rings. The maximum absolute atomic E-state index is 12.3. The van der Waals surface area contributed by atoms with Crippen LogP contribution in [0.3, 0.4) is 0 Å². The Morgan fingerprint density at radius 3 is 2.69 bits per heavy atom. The first-order valence-electron chi connectivity index (χ1n) is 9.46. The van der Waals surface area contributed by atoms with Crippen LogP contribution < -0.4 is 15.5 Å². The minimum atomic E-state index is -0.197. The van der Waals surface area contributed by atoms with E-state index in [1.54, 1.807) is 29.2 Å². The highest BCUT2D eigenvalue weighted by Crippen LogP contribution is 2.35. The summed E-state index contributed by atoms with van der Waals surface area (Å²) < 4.78 is 0.639. The molecule has 2 aliphatic carbocycles. The van der Waals surface area contributed by atoms with Gasteiger partial charge in [0.25, 0.3) is 5.91 Å². The zero-order chi connectivity index (χ0) is 20.4. The molecule has 2 N–H and O–H groups in total. The second-order valence-electron chi connectivity index (χ2n) is 7.14. The lowest BCUT2D eigenvalue weighted by Gasteiger charge is -2.15. The highest BCUT2D eigenvalue weighted by molar-refractivity contribution is 8.01. The molecular weight excluding hydrogens is 410 g/mol. The molecule has 10 heteroatoms. The minimum absolute atomic E-state index is 0.0384. The van der Waals surface area contributed by atoms with E-state index in [-0.39, 0.29) is 35.6 Å². The zero-order valence-electron chi connectivity index (χ0n) is 15.9. The lowest BCUT2D eigenvalue weighted by atomic mass is 10.2. The van der Waals surface area contributed by atoms with E-state index in [0.29, 0.717) is 20.7 Å². The molecule has 0 radical (unpaired) electrons. The van der Waals surface area contributed by atoms with Crippen molar-refractivity contribution in [2.24, 2.45) is 0 Å². The van der Waals surface area contributed by atoms with Gasteiger partial charge in [0.2, 0.25) is 16.9 Å². The standard InChI is InChI=1S/C19H21N5O3S2/c1-11(25)24(15-7-8-15)18-22-23-19(29-18)28-10-16(26)20-14-4-2-3-12(9-14)17(27)21-13-5-6-13/h2-4,9,13,15H,5-8,10H2,1H3,(H,20,26)(H,21,27). The summed E-state index contributed by atoms with van der Waals surface area (Å²) in [7, 11) is 0. The van der Waals surface area contributed by atoms with Crippen molar-refractivity contribution < 1.29 is 14.4 Å². The first kappa shape index (κ1) is 19.8. The van der Waals surface area contributed by atoms with Crippen LogP contribution in [0.4, 0.5) is 10.8 Å². The zero-order valence-corrected chi connectivity index (χ0v) is 17.5. The van der Waals surface area contributed by atoms with Gasteiger partial charge in [-0.1, -0.05) is 29.2 Å². The molecule has 0 aliphatic heterocycles. The van der Waals surface area contributed by atoms with Crippen molar-refractivity contribution in [1.29, 1.82) is 0 Å². The van der Waals surface area contributed by atoms with Crippen LogP contribution in [0.25, 0.3) is 0 Å². The van der Waals surface area contributed by atoms with Gasteiger partial charge in [-0.05, 0) is 43.9 Å². The number of carbonyl (C=O) groups excluding carboxylic acids is 3. The van der Waals surface area contributed by atoms with E-state index in [1.165, 1.54) is 30.0 Å². The fourth-order valence-corrected chi connectivity index (χ4v) is 4.55. The molecule has 1 aromatic carbocycles. The van der Waals surface area contributed by atoms with Gasteiger partial charge in [0, 0.05) is 30.3 Å². The number of hydrogen-bond donors (Lipinski definition) is 2. The van der Waals surface area contributed by atoms with Crippen molar-refractivity contribution in [2.45, 2.75) is 49.0 Å². The second-order valence-corrected chi connectivity index (χ2v) is 9.31. The SMILES string of the molecule is CC(=O)N(c1nnc(SCC(=O)Nc2cccc(C(=O)NC3CC3)c2)s1)C1CC1. The monoisotopic (exact) mass is 431 g/mol. The molecule has 4 rings (SSSR count). The number of aromatic nitrogens is 2. The predicted molar refractivity (Wildman–Crippen MR) is 112 cm³/mol. The van der Waals surface area contributed by atoms with Crippen LogP contribution in [0.1, 0.15) is 43.0 Å². The molecule has 29 heavy (non-hydrogen) atoms. The maximum Gasteiger partial charge on any atom is 0.251 e. The third-order valence-electron chi connectivity index (χ3n) is 4.50. The number of nitrogens with one attached hydrogen (secondary N) is 2. The molecule has 3 amide bonds. The van der Waals surface area contributed by atoms with E-state index in [2.05, 4.69) is 20.8 Å². The predicted octanol–water partition coefficient (Wildman–Crippen LogP) is 2.68. The molecule has 2 aromatic rings. The largest absolute Gasteiger partial charge is 0.349 e. The molecular formula is C19H21N5O3S2. The molecule has 152 valence electrons. The van der Waals surface area contributed by atoms with Gasteiger partial charge < -0.3 is 10.6 Å². The fourth-order valence-electron chi connectivity index (χ4n) is 2.80. The molecule has 1 heterocycles. The van der Waals surface area contributed by atoms with Crippen LogP contribution >= 0.6 is 23.1 Å². The Kier molecular flexibility index (Phi) is 5.81. The number of anilines is 2. The maximum atomic E-state index is 12.3. The quantitative estimate of drug-likeness (QED) is 0.492. The molecule has 0 spiro atoms. The van der Waals surface area contributed by atoms with Crippen LogP contribution in [0.15, 0.2) is 28.6 Å². The van der Waals surface area contributed by atoms with Gasteiger partial charge in [0.1, 0.15) is 0 Å². The van der Waals surface area contributed by atoms with E-state index in [1.807, 2.05) is 0 Å². The molecule has 2 aliphatic rings. The fraction of sp³-hybridized carbons (Fsp3) is 0.421. The summed E-state index contributed by atoms with van der Waals surface area (Å²) in [6.45, 7) is 1.53. The van der Waals surface area contributed by atoms with Crippen molar-refractivity contribution in [2.75, 3.05) is 16.0 Å². The summed E-state index contributed by atoms with van der Waals surface area (Å²) in [6, 6.07) is 7.41. The van der Waals surface area contributed by atoms with Gasteiger partial charge in [-0.15, -0.1) is 10.2 Å². The van der Waals surface area contributed by atoms with E-state index in [0.717, 1.165) is 25.7 Å². The smallest absolute Gasteiger partial charge is 0.251 e. The first-order chi connectivity index (χ1) is 14.0. The molecule has 8 nitrogen and oxygen atoms in total. The third kappa shape index (κ3) is 5.33. The summed E-state index contributed by atoms with van der Waals surface area (Å²) in [6.07, 6.45) is 4.03. The van der Waals surface area contributed by atoms with Gasteiger partial charge in [0.15, 0.2) is 4.34 Å². The van der Waals surface area contributed by atoms with Gasteiger partial charge >= 0.3 is 0 Å². The highest BCUT2D eigenvalue weighted by Gasteiger charge is 2.34. The Labute approximate surface area is 176 Å². The molecule has 2 saturated carbocycles. The molecule has 1 aromatic heterocycles. The van der Waals surface area contributed by atoms with Crippen LogP contribution in [-0.4, -0.2) is 45.8 Å². The number of thioether (sulfide) groups is 1. The summed E-state index contributed by atoms with van der Waals surface area (Å²) in [4.78, 5) is 37.9. The summed E-state index contributed by atoms with van der Waals surface area (Å²) >= 11 is 2.59. The van der Waals surface area contributed by atoms with Crippen LogP contribution in [0.5, 0.6) is 0 Å². The Morgan fingerprint density at radius 2 is 2.00 bits per heavy atom. The number of benzene rings is 1. The number of rotatable bonds is 8. The summed E-state index contributed by atoms with van der Waals surface area (Å²) in [5.41, 5.74) is 1.11. The second kappa shape index (κ2) is 8.50. The van der Waals surface area contributed by atoms with E-state index < -0.39 is 0 Å². The Bertz CT molecular complexity index is 939. The third-order valence-corrected chi connectivity index (χ3v) is 6.56. The Balaban J connectivity index is 1.30. The lowest BCUT2D eigenvalue weighted by molar-refractivity contribution is -0.116. The average Bonchev–Trinajstić information content (AvgIpc) is 3.61. The van der Waals surface area contributed by atoms with Crippen molar-refractivity contribution in [1.82, 2.24) is 15.5 Å². The van der Waals surface area contributed by atoms with Gasteiger partial charge in [-0.2, -0.15) is 0 Å². The summed E-state index contributed by atoms with van der Waals surface area (Å²) in [5.74, 6) is -0.192. The van der Waals surface area contributed by atoms with Crippen molar-refractivity contribution >= 4 is 51.6 Å². The van der Waals surface area contributed by atoms with Gasteiger partial charge in [-0.3, -0.25) is 19.3 Å². The summed E-state index contributed by atoms with van der Waals surface area (Å²) in [5, 5.41) is 14.5. The molecule has 0 atom stereocenters. The topological polar surface area (TPSA) is 104 Å².